The van der Waals surface area contributed by atoms with Crippen LogP contribution in [0.4, 0.5) is 10.1 Å². The molecule has 7 heteroatoms. The van der Waals surface area contributed by atoms with Gasteiger partial charge < -0.3 is 10.1 Å². The number of carbonyl (C=O) groups excluding carboxylic acids is 1. The van der Waals surface area contributed by atoms with E-state index in [1.807, 2.05) is 25.1 Å². The van der Waals surface area contributed by atoms with Crippen LogP contribution < -0.4 is 10.1 Å². The summed E-state index contributed by atoms with van der Waals surface area (Å²) in [5.41, 5.74) is 1.30. The van der Waals surface area contributed by atoms with Crippen molar-refractivity contribution in [3.8, 4) is 11.4 Å². The van der Waals surface area contributed by atoms with Gasteiger partial charge in [-0.2, -0.15) is 0 Å². The lowest BCUT2D eigenvalue weighted by atomic mass is 10.3. The Balaban J connectivity index is 1.63. The highest BCUT2D eigenvalue weighted by molar-refractivity contribution is 7.99. The summed E-state index contributed by atoms with van der Waals surface area (Å²) in [6, 6.07) is 13.6. The van der Waals surface area contributed by atoms with E-state index in [4.69, 9.17) is 4.74 Å². The van der Waals surface area contributed by atoms with Crippen molar-refractivity contribution in [1.29, 1.82) is 0 Å². The van der Waals surface area contributed by atoms with Gasteiger partial charge in [-0.3, -0.25) is 9.36 Å². The van der Waals surface area contributed by atoms with Crippen LogP contribution in [-0.2, 0) is 4.79 Å². The van der Waals surface area contributed by atoms with E-state index in [1.54, 1.807) is 35.2 Å². The molecule has 0 spiro atoms. The van der Waals surface area contributed by atoms with Crippen LogP contribution in [0.25, 0.3) is 5.69 Å². The highest BCUT2D eigenvalue weighted by Crippen LogP contribution is 2.25. The fourth-order valence-electron chi connectivity index (χ4n) is 2.44. The number of carbonyl (C=O) groups is 1. The summed E-state index contributed by atoms with van der Waals surface area (Å²) in [4.78, 5) is 16.6. The van der Waals surface area contributed by atoms with Gasteiger partial charge in [-0.1, -0.05) is 36.9 Å². The van der Waals surface area contributed by atoms with E-state index >= 15 is 0 Å². The van der Waals surface area contributed by atoms with E-state index in [0.29, 0.717) is 28.9 Å². The number of nitrogens with one attached hydrogen (secondary N) is 1. The Morgan fingerprint density at radius 1 is 1.26 bits per heavy atom. The number of aromatic nitrogens is 2. The molecule has 0 saturated carbocycles. The standard InChI is InChI=1S/C20H20FN3O2S/c1-2-12-26-18-9-4-3-8-17(18)23-19(25)14-27-20-22-10-11-24(20)16-7-5-6-15(21)13-16/h3-11,13H,2,12,14H2,1H3,(H,23,25). The monoisotopic (exact) mass is 385 g/mol. The van der Waals surface area contributed by atoms with Gasteiger partial charge in [-0.05, 0) is 36.8 Å². The normalized spacial score (nSPS) is 10.6. The molecule has 5 nitrogen and oxygen atoms in total. The molecule has 0 aliphatic carbocycles. The molecule has 0 aliphatic rings. The topological polar surface area (TPSA) is 56.1 Å². The zero-order valence-corrected chi connectivity index (χ0v) is 15.7. The van der Waals surface area contributed by atoms with Gasteiger partial charge in [0.2, 0.25) is 5.91 Å². The largest absolute Gasteiger partial charge is 0.491 e. The Labute approximate surface area is 161 Å². The number of para-hydroxylation sites is 2. The fourth-order valence-corrected chi connectivity index (χ4v) is 3.22. The quantitative estimate of drug-likeness (QED) is 0.579. The SMILES string of the molecule is CCCOc1ccccc1NC(=O)CSc1nccn1-c1cccc(F)c1. The van der Waals surface area contributed by atoms with Gasteiger partial charge >= 0.3 is 0 Å². The van der Waals surface area contributed by atoms with Crippen molar-refractivity contribution in [2.75, 3.05) is 17.7 Å². The summed E-state index contributed by atoms with van der Waals surface area (Å²) in [6.07, 6.45) is 4.25. The van der Waals surface area contributed by atoms with Gasteiger partial charge in [0, 0.05) is 12.4 Å². The molecule has 0 aliphatic heterocycles. The molecular formula is C20H20FN3O2S. The lowest BCUT2D eigenvalue weighted by Crippen LogP contribution is -2.15. The molecule has 0 fully saturated rings. The molecule has 3 aromatic rings. The maximum Gasteiger partial charge on any atom is 0.234 e. The highest BCUT2D eigenvalue weighted by atomic mass is 32.2. The highest BCUT2D eigenvalue weighted by Gasteiger charge is 2.11. The first kappa shape index (κ1) is 19.0. The molecule has 0 bridgehead atoms. The molecule has 1 amide bonds. The molecule has 0 radical (unpaired) electrons. The number of anilines is 1. The predicted octanol–water partition coefficient (Wildman–Crippen LogP) is 4.53. The Bertz CT molecular complexity index is 914. The molecule has 1 heterocycles. The van der Waals surface area contributed by atoms with Crippen molar-refractivity contribution in [1.82, 2.24) is 9.55 Å². The zero-order valence-electron chi connectivity index (χ0n) is 14.9. The predicted molar refractivity (Wildman–Crippen MR) is 105 cm³/mol. The first-order chi connectivity index (χ1) is 13.2. The van der Waals surface area contributed by atoms with E-state index in [2.05, 4.69) is 10.3 Å². The number of rotatable bonds is 8. The average Bonchev–Trinajstić information content (AvgIpc) is 3.14. The van der Waals surface area contributed by atoms with Crippen molar-refractivity contribution in [3.05, 3.63) is 66.7 Å². The second-order valence-corrected chi connectivity index (χ2v) is 6.68. The van der Waals surface area contributed by atoms with Gasteiger partial charge in [-0.25, -0.2) is 9.37 Å². The Hall–Kier alpha value is -2.80. The van der Waals surface area contributed by atoms with Crippen LogP contribution in [0.15, 0.2) is 66.1 Å². The van der Waals surface area contributed by atoms with E-state index < -0.39 is 0 Å². The summed E-state index contributed by atoms with van der Waals surface area (Å²) >= 11 is 1.28. The molecule has 1 aromatic heterocycles. The molecule has 27 heavy (non-hydrogen) atoms. The number of benzene rings is 2. The van der Waals surface area contributed by atoms with E-state index in [-0.39, 0.29) is 17.5 Å². The van der Waals surface area contributed by atoms with Crippen LogP contribution in [0.3, 0.4) is 0 Å². The summed E-state index contributed by atoms with van der Waals surface area (Å²) in [7, 11) is 0. The lowest BCUT2D eigenvalue weighted by Gasteiger charge is -2.12. The average molecular weight is 385 g/mol. The van der Waals surface area contributed by atoms with Crippen molar-refractivity contribution in [2.45, 2.75) is 18.5 Å². The molecule has 0 atom stereocenters. The number of hydrogen-bond acceptors (Lipinski definition) is 4. The molecule has 0 saturated heterocycles. The summed E-state index contributed by atoms with van der Waals surface area (Å²) in [5.74, 6) is 0.341. The molecule has 3 rings (SSSR count). The number of thioether (sulfide) groups is 1. The number of ether oxygens (including phenoxy) is 1. The van der Waals surface area contributed by atoms with Crippen molar-refractivity contribution in [3.63, 3.8) is 0 Å². The third kappa shape index (κ3) is 5.10. The van der Waals surface area contributed by atoms with E-state index in [9.17, 15) is 9.18 Å². The summed E-state index contributed by atoms with van der Waals surface area (Å²) in [5, 5.41) is 3.49. The van der Waals surface area contributed by atoms with Gasteiger partial charge in [0.05, 0.1) is 23.7 Å². The number of hydrogen-bond donors (Lipinski definition) is 1. The second-order valence-electron chi connectivity index (χ2n) is 5.74. The third-order valence-corrected chi connectivity index (χ3v) is 4.62. The van der Waals surface area contributed by atoms with Gasteiger partial charge in [0.15, 0.2) is 5.16 Å². The fraction of sp³-hybridized carbons (Fsp3) is 0.200. The summed E-state index contributed by atoms with van der Waals surface area (Å²) < 4.78 is 20.9. The number of nitrogens with zero attached hydrogens (tertiary/aromatic N) is 2. The van der Waals surface area contributed by atoms with Crippen molar-refractivity contribution >= 4 is 23.4 Å². The zero-order chi connectivity index (χ0) is 19.1. The maximum atomic E-state index is 13.5. The van der Waals surface area contributed by atoms with Crippen LogP contribution in [0.2, 0.25) is 0 Å². The first-order valence-corrected chi connectivity index (χ1v) is 9.59. The second kappa shape index (κ2) is 9.23. The smallest absolute Gasteiger partial charge is 0.234 e. The number of imidazole rings is 1. The Morgan fingerprint density at radius 3 is 2.93 bits per heavy atom. The minimum Gasteiger partial charge on any atom is -0.491 e. The summed E-state index contributed by atoms with van der Waals surface area (Å²) in [6.45, 7) is 2.62. The molecule has 0 unspecified atom stereocenters. The van der Waals surface area contributed by atoms with Crippen LogP contribution in [-0.4, -0.2) is 27.8 Å². The molecule has 140 valence electrons. The van der Waals surface area contributed by atoms with Crippen molar-refractivity contribution < 1.29 is 13.9 Å². The van der Waals surface area contributed by atoms with Gasteiger partial charge in [0.1, 0.15) is 11.6 Å². The first-order valence-electron chi connectivity index (χ1n) is 8.61. The van der Waals surface area contributed by atoms with Crippen LogP contribution in [0.5, 0.6) is 5.75 Å². The van der Waals surface area contributed by atoms with Crippen LogP contribution in [0.1, 0.15) is 13.3 Å². The minimum absolute atomic E-state index is 0.165. The van der Waals surface area contributed by atoms with Gasteiger partial charge in [0.25, 0.3) is 0 Å². The van der Waals surface area contributed by atoms with Gasteiger partial charge in [-0.15, -0.1) is 0 Å². The third-order valence-electron chi connectivity index (χ3n) is 3.65. The number of amides is 1. The van der Waals surface area contributed by atoms with Crippen LogP contribution in [0, 0.1) is 5.82 Å². The molecule has 1 N–H and O–H groups in total. The molecule has 2 aromatic carbocycles. The van der Waals surface area contributed by atoms with E-state index in [0.717, 1.165) is 6.42 Å². The lowest BCUT2D eigenvalue weighted by molar-refractivity contribution is -0.113. The molecular weight excluding hydrogens is 365 g/mol. The van der Waals surface area contributed by atoms with Crippen LogP contribution >= 0.6 is 11.8 Å². The van der Waals surface area contributed by atoms with E-state index in [1.165, 1.54) is 23.9 Å². The maximum absolute atomic E-state index is 13.5. The minimum atomic E-state index is -0.321. The number of halogens is 1. The Kier molecular flexibility index (Phi) is 6.49. The van der Waals surface area contributed by atoms with Crippen molar-refractivity contribution in [2.24, 2.45) is 0 Å². The Morgan fingerprint density at radius 2 is 2.11 bits per heavy atom.